The molecule has 8 nitrogen and oxygen atoms in total. The molecule has 1 heterocycles. The van der Waals surface area contributed by atoms with E-state index in [0.717, 1.165) is 17.0 Å². The van der Waals surface area contributed by atoms with Gasteiger partial charge in [-0.25, -0.2) is 0 Å². The zero-order valence-electron chi connectivity index (χ0n) is 12.8. The Morgan fingerprint density at radius 1 is 1.32 bits per heavy atom. The van der Waals surface area contributed by atoms with E-state index >= 15 is 0 Å². The number of ether oxygens (including phenoxy) is 1. The second kappa shape index (κ2) is 7.07. The van der Waals surface area contributed by atoms with Crippen molar-refractivity contribution in [2.45, 2.75) is 12.2 Å². The minimum Gasteiger partial charge on any atom is -0.370 e. The summed E-state index contributed by atoms with van der Waals surface area (Å²) in [5.74, 6) is -2.83. The number of nitrogens with one attached hydrogen (secondary N) is 1. The van der Waals surface area contributed by atoms with Crippen molar-refractivity contribution in [2.75, 3.05) is 30.0 Å². The zero-order chi connectivity index (χ0) is 18.8. The molecule has 5 N–H and O–H groups in total. The monoisotopic (exact) mass is 360 g/mol. The minimum atomic E-state index is -4.81. The molecule has 25 heavy (non-hydrogen) atoms. The van der Waals surface area contributed by atoms with Gasteiger partial charge in [-0.3, -0.25) is 14.4 Å². The van der Waals surface area contributed by atoms with Gasteiger partial charge in [0, 0.05) is 12.2 Å². The van der Waals surface area contributed by atoms with Gasteiger partial charge < -0.3 is 26.4 Å². The maximum atomic E-state index is 13.3. The van der Waals surface area contributed by atoms with Gasteiger partial charge in [-0.1, -0.05) is 0 Å². The highest BCUT2D eigenvalue weighted by Crippen LogP contribution is 2.37. The highest BCUT2D eigenvalue weighted by molar-refractivity contribution is 6.09. The number of hydrogen-bond donors (Lipinski definition) is 3. The number of benzene rings is 1. The summed E-state index contributed by atoms with van der Waals surface area (Å²) >= 11 is 0. The zero-order valence-corrected chi connectivity index (χ0v) is 12.8. The molecule has 136 valence electrons. The lowest BCUT2D eigenvalue weighted by Gasteiger charge is -2.28. The summed E-state index contributed by atoms with van der Waals surface area (Å²) in [4.78, 5) is 35.5. The topological polar surface area (TPSA) is 128 Å². The third-order valence-corrected chi connectivity index (χ3v) is 3.45. The number of nitrogens with two attached hydrogens (primary N) is 2. The van der Waals surface area contributed by atoms with Crippen LogP contribution in [0.1, 0.15) is 5.56 Å². The van der Waals surface area contributed by atoms with E-state index in [1.807, 2.05) is 5.32 Å². The first-order chi connectivity index (χ1) is 11.6. The fourth-order valence-electron chi connectivity index (χ4n) is 2.17. The van der Waals surface area contributed by atoms with Gasteiger partial charge in [0.2, 0.25) is 5.91 Å². The van der Waals surface area contributed by atoms with Crippen LogP contribution in [0.3, 0.4) is 0 Å². The van der Waals surface area contributed by atoms with Crippen molar-refractivity contribution in [2.24, 2.45) is 11.5 Å². The second-order valence-corrected chi connectivity index (χ2v) is 5.19. The van der Waals surface area contributed by atoms with Crippen LogP contribution in [-0.2, 0) is 25.3 Å². The second-order valence-electron chi connectivity index (χ2n) is 5.19. The Balaban J connectivity index is 2.36. The van der Waals surface area contributed by atoms with Crippen LogP contribution in [-0.4, -0.2) is 43.5 Å². The Labute approximate surface area is 139 Å². The molecule has 3 amide bonds. The fourth-order valence-corrected chi connectivity index (χ4v) is 2.17. The normalized spacial score (nSPS) is 16.5. The average Bonchev–Trinajstić information content (AvgIpc) is 2.54. The summed E-state index contributed by atoms with van der Waals surface area (Å²) < 4.78 is 44.8. The molecule has 0 spiro atoms. The summed E-state index contributed by atoms with van der Waals surface area (Å²) in [6, 6.07) is 1.16. The van der Waals surface area contributed by atoms with Crippen molar-refractivity contribution in [3.63, 3.8) is 0 Å². The molecule has 0 bridgehead atoms. The van der Waals surface area contributed by atoms with Crippen molar-refractivity contribution in [3.05, 3.63) is 23.8 Å². The Morgan fingerprint density at radius 2 is 2.00 bits per heavy atom. The van der Waals surface area contributed by atoms with E-state index in [1.165, 1.54) is 6.07 Å². The number of rotatable bonds is 4. The van der Waals surface area contributed by atoms with Crippen molar-refractivity contribution in [1.82, 2.24) is 0 Å². The van der Waals surface area contributed by atoms with Gasteiger partial charge >= 0.3 is 6.18 Å². The molecule has 0 saturated carbocycles. The maximum Gasteiger partial charge on any atom is 0.418 e. The molecule has 2 rings (SSSR count). The molecule has 0 radical (unpaired) electrons. The van der Waals surface area contributed by atoms with Gasteiger partial charge in [0.05, 0.1) is 17.9 Å². The molecule has 1 aliphatic rings. The van der Waals surface area contributed by atoms with Crippen LogP contribution in [0.4, 0.5) is 24.5 Å². The molecular weight excluding hydrogens is 345 g/mol. The molecule has 0 aliphatic carbocycles. The third kappa shape index (κ3) is 4.25. The first-order valence-electron chi connectivity index (χ1n) is 7.06. The van der Waals surface area contributed by atoms with Gasteiger partial charge in [-0.2, -0.15) is 13.2 Å². The van der Waals surface area contributed by atoms with Crippen LogP contribution in [0.5, 0.6) is 0 Å². The number of primary amides is 1. The number of anilines is 2. The Bertz CT molecular complexity index is 708. The molecule has 11 heteroatoms. The quantitative estimate of drug-likeness (QED) is 0.642. The summed E-state index contributed by atoms with van der Waals surface area (Å²) in [5.41, 5.74) is 8.27. The van der Waals surface area contributed by atoms with Crippen molar-refractivity contribution in [3.8, 4) is 0 Å². The van der Waals surface area contributed by atoms with Crippen LogP contribution in [0.2, 0.25) is 0 Å². The smallest absolute Gasteiger partial charge is 0.370 e. The molecular formula is C14H15F3N4O4. The van der Waals surface area contributed by atoms with Gasteiger partial charge in [-0.15, -0.1) is 0 Å². The lowest BCUT2D eigenvalue weighted by Crippen LogP contribution is -2.46. The molecule has 1 aliphatic heterocycles. The first-order valence-corrected chi connectivity index (χ1v) is 7.06. The number of halogens is 3. The van der Waals surface area contributed by atoms with Crippen LogP contribution in [0.25, 0.3) is 0 Å². The molecule has 1 fully saturated rings. The Kier molecular flexibility index (Phi) is 5.28. The largest absolute Gasteiger partial charge is 0.418 e. The van der Waals surface area contributed by atoms with E-state index in [2.05, 4.69) is 0 Å². The van der Waals surface area contributed by atoms with Crippen molar-refractivity contribution in [1.29, 1.82) is 0 Å². The minimum absolute atomic E-state index is 0.0119. The predicted octanol–water partition coefficient (Wildman–Crippen LogP) is -0.180. The lowest BCUT2D eigenvalue weighted by atomic mass is 10.1. The van der Waals surface area contributed by atoms with E-state index in [1.54, 1.807) is 0 Å². The average molecular weight is 360 g/mol. The van der Waals surface area contributed by atoms with Crippen LogP contribution in [0, 0.1) is 0 Å². The highest BCUT2D eigenvalue weighted by Gasteiger charge is 2.36. The number of nitrogens with zero attached hydrogens (tertiary/aromatic N) is 1. The SMILES string of the molecule is NC(=O)[C@@H](N)C(=O)Nc1ccc(N2CCOCC2=O)cc1C(F)(F)F. The number of carbonyl (C=O) groups excluding carboxylic acids is 3. The fraction of sp³-hybridized carbons (Fsp3) is 0.357. The van der Waals surface area contributed by atoms with E-state index in [0.29, 0.717) is 0 Å². The van der Waals surface area contributed by atoms with Crippen LogP contribution < -0.4 is 21.7 Å². The van der Waals surface area contributed by atoms with Gasteiger partial charge in [0.25, 0.3) is 11.8 Å². The third-order valence-electron chi connectivity index (χ3n) is 3.45. The van der Waals surface area contributed by atoms with Crippen LogP contribution in [0.15, 0.2) is 18.2 Å². The van der Waals surface area contributed by atoms with E-state index in [-0.39, 0.29) is 25.4 Å². The molecule has 1 saturated heterocycles. The molecule has 0 aromatic heterocycles. The summed E-state index contributed by atoms with van der Waals surface area (Å²) in [6.07, 6.45) is -4.81. The standard InChI is InChI=1S/C14H15F3N4O4/c15-14(16,17)8-5-7(21-3-4-25-6-10(21)22)1-2-9(8)20-13(24)11(18)12(19)23/h1-2,5,11H,3-4,6,18H2,(H2,19,23)(H,20,24)/t11-/m1/s1. The number of amides is 3. The maximum absolute atomic E-state index is 13.3. The van der Waals surface area contributed by atoms with Crippen molar-refractivity contribution < 1.29 is 32.3 Å². The first kappa shape index (κ1) is 18.7. The highest BCUT2D eigenvalue weighted by atomic mass is 19.4. The van der Waals surface area contributed by atoms with E-state index in [4.69, 9.17) is 16.2 Å². The van der Waals surface area contributed by atoms with E-state index in [9.17, 15) is 27.6 Å². The predicted molar refractivity (Wildman–Crippen MR) is 80.4 cm³/mol. The summed E-state index contributed by atoms with van der Waals surface area (Å²) in [7, 11) is 0. The summed E-state index contributed by atoms with van der Waals surface area (Å²) in [6.45, 7) is 0.0702. The molecule has 1 aromatic rings. The van der Waals surface area contributed by atoms with Crippen molar-refractivity contribution >= 4 is 29.1 Å². The number of carbonyl (C=O) groups is 3. The number of morpholine rings is 1. The number of alkyl halides is 3. The Hall–Kier alpha value is -2.66. The number of hydrogen-bond acceptors (Lipinski definition) is 5. The van der Waals surface area contributed by atoms with Gasteiger partial charge in [0.1, 0.15) is 6.61 Å². The molecule has 1 aromatic carbocycles. The lowest BCUT2D eigenvalue weighted by molar-refractivity contribution is -0.137. The van der Waals surface area contributed by atoms with Gasteiger partial charge in [0.15, 0.2) is 6.04 Å². The van der Waals surface area contributed by atoms with Gasteiger partial charge in [-0.05, 0) is 18.2 Å². The molecule has 0 unspecified atom stereocenters. The van der Waals surface area contributed by atoms with Crippen LogP contribution >= 0.6 is 0 Å². The van der Waals surface area contributed by atoms with E-state index < -0.39 is 41.2 Å². The molecule has 1 atom stereocenters. The Morgan fingerprint density at radius 3 is 2.56 bits per heavy atom. The summed E-state index contributed by atoms with van der Waals surface area (Å²) in [5, 5.41) is 1.93.